The van der Waals surface area contributed by atoms with Gasteiger partial charge in [0.15, 0.2) is 5.82 Å². The van der Waals surface area contributed by atoms with Gasteiger partial charge in [-0.1, -0.05) is 35.9 Å². The van der Waals surface area contributed by atoms with E-state index in [-0.39, 0.29) is 22.2 Å². The van der Waals surface area contributed by atoms with E-state index in [1.165, 1.54) is 22.8 Å². The Hall–Kier alpha value is -4.61. The lowest BCUT2D eigenvalue weighted by Crippen LogP contribution is -2.16. The highest BCUT2D eigenvalue weighted by atomic mass is 35.5. The fourth-order valence-corrected chi connectivity index (χ4v) is 5.26. The number of rotatable bonds is 5. The number of nitrogens with one attached hydrogen (secondary N) is 1. The van der Waals surface area contributed by atoms with E-state index in [0.29, 0.717) is 38.7 Å². The van der Waals surface area contributed by atoms with Crippen LogP contribution in [-0.2, 0) is 10.0 Å². The summed E-state index contributed by atoms with van der Waals surface area (Å²) in [6.45, 7) is 1.74. The summed E-state index contributed by atoms with van der Waals surface area (Å²) in [7, 11) is -3.95. The highest BCUT2D eigenvalue weighted by Gasteiger charge is 2.21. The van der Waals surface area contributed by atoms with Crippen LogP contribution in [0.3, 0.4) is 0 Å². The summed E-state index contributed by atoms with van der Waals surface area (Å²) in [5, 5.41) is 5.43. The van der Waals surface area contributed by atoms with Gasteiger partial charge in [0.2, 0.25) is 11.7 Å². The third kappa shape index (κ3) is 4.07. The Morgan fingerprint density at radius 3 is 2.39 bits per heavy atom. The molecule has 10 nitrogen and oxygen atoms in total. The Morgan fingerprint density at radius 2 is 1.63 bits per heavy atom. The standard InChI is InChI=1S/C26H18ClN7O3S/c1-16-14-15-28-25(29-16)32-38(36,37)18-12-10-17(11-13-18)33-23(19-6-2-4-8-21(19)27)31-34-24(35)20-7-3-5-9-22(20)30-26(33)34/h2-15H,1H3,(H,28,29,32). The van der Waals surface area contributed by atoms with Gasteiger partial charge >= 0.3 is 0 Å². The molecular formula is C26H18ClN7O3S. The van der Waals surface area contributed by atoms with Gasteiger partial charge in [0.25, 0.3) is 15.6 Å². The van der Waals surface area contributed by atoms with Crippen molar-refractivity contribution in [1.29, 1.82) is 0 Å². The second kappa shape index (κ2) is 9.05. The molecule has 188 valence electrons. The smallest absolute Gasteiger partial charge is 0.267 e. The zero-order valence-electron chi connectivity index (χ0n) is 19.8. The molecule has 1 N–H and O–H groups in total. The van der Waals surface area contributed by atoms with Gasteiger partial charge in [-0.15, -0.1) is 5.10 Å². The van der Waals surface area contributed by atoms with Gasteiger partial charge in [0.1, 0.15) is 0 Å². The van der Waals surface area contributed by atoms with E-state index in [0.717, 1.165) is 0 Å². The number of hydrogen-bond donors (Lipinski definition) is 1. The number of fused-ring (bicyclic) bond motifs is 2. The van der Waals surface area contributed by atoms with Crippen LogP contribution in [0.2, 0.25) is 5.02 Å². The Kier molecular flexibility index (Phi) is 5.66. The summed E-state index contributed by atoms with van der Waals surface area (Å²) >= 11 is 6.50. The molecule has 0 amide bonds. The molecule has 0 saturated carbocycles. The molecule has 0 aliphatic heterocycles. The van der Waals surface area contributed by atoms with E-state index in [1.54, 1.807) is 72.2 Å². The van der Waals surface area contributed by atoms with Crippen LogP contribution in [0.1, 0.15) is 5.69 Å². The molecule has 0 radical (unpaired) electrons. The zero-order valence-corrected chi connectivity index (χ0v) is 21.3. The van der Waals surface area contributed by atoms with Crippen molar-refractivity contribution >= 4 is 44.3 Å². The maximum absolute atomic E-state index is 13.3. The van der Waals surface area contributed by atoms with Gasteiger partial charge in [-0.05, 0) is 61.5 Å². The first-order chi connectivity index (χ1) is 18.3. The largest absolute Gasteiger partial charge is 0.283 e. The van der Waals surface area contributed by atoms with E-state index >= 15 is 0 Å². The maximum Gasteiger partial charge on any atom is 0.283 e. The van der Waals surface area contributed by atoms with Crippen molar-refractivity contribution in [2.75, 3.05) is 4.72 Å². The molecular weight excluding hydrogens is 526 g/mol. The molecule has 3 heterocycles. The number of para-hydroxylation sites is 1. The fraction of sp³-hybridized carbons (Fsp3) is 0.0385. The molecule has 0 spiro atoms. The SMILES string of the molecule is Cc1ccnc(NS(=O)(=O)c2ccc(-n3c(-c4ccccc4Cl)nn4c(=O)c5ccccc5nc34)cc2)n1. The molecule has 0 fully saturated rings. The van der Waals surface area contributed by atoms with Gasteiger partial charge < -0.3 is 0 Å². The average molecular weight is 544 g/mol. The van der Waals surface area contributed by atoms with Gasteiger partial charge in [0, 0.05) is 17.5 Å². The molecule has 38 heavy (non-hydrogen) atoms. The summed E-state index contributed by atoms with van der Waals surface area (Å²) in [5.41, 5.74) is 1.91. The molecule has 0 aliphatic rings. The minimum atomic E-state index is -3.95. The predicted molar refractivity (Wildman–Crippen MR) is 144 cm³/mol. The molecule has 0 bridgehead atoms. The lowest BCUT2D eigenvalue weighted by atomic mass is 10.2. The number of benzene rings is 3. The molecule has 3 aromatic carbocycles. The predicted octanol–water partition coefficient (Wildman–Crippen LogP) is 4.25. The molecule has 12 heteroatoms. The summed E-state index contributed by atoms with van der Waals surface area (Å²) in [6.07, 6.45) is 1.47. The van der Waals surface area contributed by atoms with Crippen LogP contribution in [0.5, 0.6) is 0 Å². The molecule has 0 aliphatic carbocycles. The average Bonchev–Trinajstić information content (AvgIpc) is 3.28. The Balaban J connectivity index is 1.52. The molecule has 3 aromatic heterocycles. The number of sulfonamides is 1. The van der Waals surface area contributed by atoms with Crippen LogP contribution in [0.4, 0.5) is 5.95 Å². The van der Waals surface area contributed by atoms with Gasteiger partial charge in [-0.3, -0.25) is 9.36 Å². The Labute approximate surface area is 221 Å². The maximum atomic E-state index is 13.3. The second-order valence-corrected chi connectivity index (χ2v) is 10.5. The molecule has 0 unspecified atom stereocenters. The Bertz CT molecular complexity index is 2020. The van der Waals surface area contributed by atoms with Crippen molar-refractivity contribution in [3.05, 3.63) is 106 Å². The van der Waals surface area contributed by atoms with E-state index < -0.39 is 10.0 Å². The third-order valence-electron chi connectivity index (χ3n) is 5.88. The fourth-order valence-electron chi connectivity index (χ4n) is 4.09. The van der Waals surface area contributed by atoms with Crippen LogP contribution in [0.25, 0.3) is 33.8 Å². The van der Waals surface area contributed by atoms with Gasteiger partial charge in [-0.25, -0.2) is 28.1 Å². The van der Waals surface area contributed by atoms with Crippen molar-refractivity contribution in [3.63, 3.8) is 0 Å². The minimum absolute atomic E-state index is 0.00523. The summed E-state index contributed by atoms with van der Waals surface area (Å²) in [5.74, 6) is 0.606. The number of aromatic nitrogens is 6. The topological polar surface area (TPSA) is 124 Å². The van der Waals surface area contributed by atoms with Crippen molar-refractivity contribution in [2.24, 2.45) is 0 Å². The quantitative estimate of drug-likeness (QED) is 0.344. The van der Waals surface area contributed by atoms with Crippen molar-refractivity contribution in [2.45, 2.75) is 11.8 Å². The molecule has 0 atom stereocenters. The second-order valence-electron chi connectivity index (χ2n) is 8.41. The van der Waals surface area contributed by atoms with E-state index in [2.05, 4.69) is 19.8 Å². The van der Waals surface area contributed by atoms with Gasteiger partial charge in [-0.2, -0.15) is 4.52 Å². The summed E-state index contributed by atoms with van der Waals surface area (Å²) in [6, 6.07) is 21.9. The van der Waals surface area contributed by atoms with Crippen LogP contribution in [-0.4, -0.2) is 37.6 Å². The van der Waals surface area contributed by atoms with Crippen molar-refractivity contribution in [1.82, 2.24) is 29.1 Å². The number of hydrogen-bond acceptors (Lipinski definition) is 7. The number of halogens is 1. The van der Waals surface area contributed by atoms with Crippen LogP contribution < -0.4 is 10.3 Å². The summed E-state index contributed by atoms with van der Waals surface area (Å²) < 4.78 is 31.2. The normalized spacial score (nSPS) is 11.7. The van der Waals surface area contributed by atoms with E-state index in [1.807, 2.05) is 6.07 Å². The first-order valence-corrected chi connectivity index (χ1v) is 13.3. The lowest BCUT2D eigenvalue weighted by molar-refractivity contribution is 0.601. The van der Waals surface area contributed by atoms with Gasteiger partial charge in [0.05, 0.1) is 26.5 Å². The molecule has 6 aromatic rings. The number of aryl methyl sites for hydroxylation is 1. The summed E-state index contributed by atoms with van der Waals surface area (Å²) in [4.78, 5) is 26.1. The number of nitrogens with zero attached hydrogens (tertiary/aromatic N) is 6. The van der Waals surface area contributed by atoms with Crippen LogP contribution in [0, 0.1) is 6.92 Å². The minimum Gasteiger partial charge on any atom is -0.267 e. The monoisotopic (exact) mass is 543 g/mol. The molecule has 6 rings (SSSR count). The van der Waals surface area contributed by atoms with E-state index in [4.69, 9.17) is 16.6 Å². The third-order valence-corrected chi connectivity index (χ3v) is 7.56. The molecule has 0 saturated heterocycles. The van der Waals surface area contributed by atoms with Crippen LogP contribution >= 0.6 is 11.6 Å². The highest BCUT2D eigenvalue weighted by Crippen LogP contribution is 2.30. The Morgan fingerprint density at radius 1 is 0.895 bits per heavy atom. The van der Waals surface area contributed by atoms with E-state index in [9.17, 15) is 13.2 Å². The lowest BCUT2D eigenvalue weighted by Gasteiger charge is -2.11. The highest BCUT2D eigenvalue weighted by molar-refractivity contribution is 7.92. The van der Waals surface area contributed by atoms with Crippen molar-refractivity contribution in [3.8, 4) is 17.1 Å². The zero-order chi connectivity index (χ0) is 26.4. The first kappa shape index (κ1) is 23.8. The van der Waals surface area contributed by atoms with Crippen LogP contribution in [0.15, 0.2) is 94.7 Å². The number of anilines is 1. The first-order valence-electron chi connectivity index (χ1n) is 11.4. The van der Waals surface area contributed by atoms with Crippen molar-refractivity contribution < 1.29 is 8.42 Å².